The number of rotatable bonds is 9. The molecule has 0 fully saturated rings. The molecule has 0 aromatic heterocycles. The maximum absolute atomic E-state index is 11.9. The van der Waals surface area contributed by atoms with Gasteiger partial charge in [0.15, 0.2) is 0 Å². The summed E-state index contributed by atoms with van der Waals surface area (Å²) in [5.74, 6) is -1.14. The molecule has 5 nitrogen and oxygen atoms in total. The zero-order valence-electron chi connectivity index (χ0n) is 12.2. The molecule has 118 valence electrons. The molecule has 0 saturated heterocycles. The van der Waals surface area contributed by atoms with Gasteiger partial charge < -0.3 is 15.7 Å². The van der Waals surface area contributed by atoms with Gasteiger partial charge >= 0.3 is 5.97 Å². The second kappa shape index (κ2) is 9.68. The summed E-state index contributed by atoms with van der Waals surface area (Å²) < 4.78 is 0. The van der Waals surface area contributed by atoms with Crippen LogP contribution in [-0.4, -0.2) is 34.6 Å². The Morgan fingerprint density at radius 2 is 2.00 bits per heavy atom. The number of carbonyl (C=O) groups excluding carboxylic acids is 1. The van der Waals surface area contributed by atoms with Crippen molar-refractivity contribution in [1.29, 1.82) is 0 Å². The number of thiocarbonyl (C=S) groups is 1. The summed E-state index contributed by atoms with van der Waals surface area (Å²) in [5.41, 5.74) is 1.01. The van der Waals surface area contributed by atoms with Crippen LogP contribution >= 0.6 is 12.2 Å². The van der Waals surface area contributed by atoms with Gasteiger partial charge in [0.05, 0.1) is 11.0 Å². The summed E-state index contributed by atoms with van der Waals surface area (Å²) in [6, 6.07) is 9.14. The molecule has 0 unspecified atom stereocenters. The highest BCUT2D eigenvalue weighted by molar-refractivity contribution is 7.80. The van der Waals surface area contributed by atoms with Gasteiger partial charge in [0, 0.05) is 6.42 Å². The Balaban J connectivity index is 2.70. The molecular weight excluding hydrogens is 300 g/mol. The van der Waals surface area contributed by atoms with E-state index >= 15 is 0 Å². The summed E-state index contributed by atoms with van der Waals surface area (Å²) in [4.78, 5) is 22.8. The summed E-state index contributed by atoms with van der Waals surface area (Å²) in [5, 5.41) is 14.2. The third kappa shape index (κ3) is 6.99. The van der Waals surface area contributed by atoms with E-state index in [1.165, 1.54) is 0 Å². The van der Waals surface area contributed by atoms with Gasteiger partial charge in [-0.25, -0.2) is 0 Å². The van der Waals surface area contributed by atoms with E-state index in [4.69, 9.17) is 17.3 Å². The second-order valence-electron chi connectivity index (χ2n) is 4.75. The first-order valence-electron chi connectivity index (χ1n) is 6.96. The molecule has 0 bridgehead atoms. The molecule has 1 aromatic carbocycles. The maximum Gasteiger partial charge on any atom is 0.322 e. The SMILES string of the molecule is C=CCCC(=O)N[C@@H](Cc1ccccc1)C(=S)NCC(=O)O. The molecule has 1 amide bonds. The van der Waals surface area contributed by atoms with E-state index < -0.39 is 12.0 Å². The van der Waals surface area contributed by atoms with E-state index in [2.05, 4.69) is 17.2 Å². The zero-order valence-corrected chi connectivity index (χ0v) is 13.1. The van der Waals surface area contributed by atoms with E-state index in [0.717, 1.165) is 5.56 Å². The lowest BCUT2D eigenvalue weighted by Gasteiger charge is -2.20. The van der Waals surface area contributed by atoms with Crippen LogP contribution in [0.25, 0.3) is 0 Å². The average Bonchev–Trinajstić information content (AvgIpc) is 2.51. The van der Waals surface area contributed by atoms with Crippen LogP contribution in [-0.2, 0) is 16.0 Å². The van der Waals surface area contributed by atoms with Gasteiger partial charge in [0.25, 0.3) is 0 Å². The average molecular weight is 320 g/mol. The predicted molar refractivity (Wildman–Crippen MR) is 89.7 cm³/mol. The van der Waals surface area contributed by atoms with Gasteiger partial charge in [0.1, 0.15) is 6.54 Å². The molecule has 0 saturated carbocycles. The van der Waals surface area contributed by atoms with Crippen LogP contribution < -0.4 is 10.6 Å². The summed E-state index contributed by atoms with van der Waals surface area (Å²) in [6.45, 7) is 3.31. The lowest BCUT2D eigenvalue weighted by Crippen LogP contribution is -2.48. The molecule has 0 radical (unpaired) electrons. The van der Waals surface area contributed by atoms with Gasteiger partial charge in [-0.05, 0) is 18.4 Å². The van der Waals surface area contributed by atoms with Gasteiger partial charge in [-0.3, -0.25) is 9.59 Å². The highest BCUT2D eigenvalue weighted by atomic mass is 32.1. The fourth-order valence-corrected chi connectivity index (χ4v) is 2.06. The minimum atomic E-state index is -1.00. The van der Waals surface area contributed by atoms with E-state index in [9.17, 15) is 9.59 Å². The Labute approximate surface area is 135 Å². The summed E-state index contributed by atoms with van der Waals surface area (Å²) >= 11 is 5.21. The zero-order chi connectivity index (χ0) is 16.4. The molecule has 0 aliphatic heterocycles. The Morgan fingerprint density at radius 1 is 1.32 bits per heavy atom. The molecule has 1 aromatic rings. The molecule has 1 rings (SSSR count). The van der Waals surface area contributed by atoms with Crippen molar-refractivity contribution < 1.29 is 14.7 Å². The van der Waals surface area contributed by atoms with Crippen LogP contribution in [0.1, 0.15) is 18.4 Å². The van der Waals surface area contributed by atoms with Crippen molar-refractivity contribution in [1.82, 2.24) is 10.6 Å². The quantitative estimate of drug-likeness (QED) is 0.477. The predicted octanol–water partition coefficient (Wildman–Crippen LogP) is 1.68. The Kier molecular flexibility index (Phi) is 7.85. The van der Waals surface area contributed by atoms with Gasteiger partial charge in [-0.15, -0.1) is 6.58 Å². The van der Waals surface area contributed by atoms with Crippen LogP contribution in [0, 0.1) is 0 Å². The van der Waals surface area contributed by atoms with E-state index in [-0.39, 0.29) is 12.5 Å². The summed E-state index contributed by atoms with van der Waals surface area (Å²) in [7, 11) is 0. The second-order valence-corrected chi connectivity index (χ2v) is 5.19. The fraction of sp³-hybridized carbons (Fsp3) is 0.312. The van der Waals surface area contributed by atoms with Crippen LogP contribution in [0.15, 0.2) is 43.0 Å². The lowest BCUT2D eigenvalue weighted by atomic mass is 10.1. The number of hydrogen-bond acceptors (Lipinski definition) is 3. The van der Waals surface area contributed by atoms with Crippen molar-refractivity contribution in [3.8, 4) is 0 Å². The minimum Gasteiger partial charge on any atom is -0.480 e. The maximum atomic E-state index is 11.9. The van der Waals surface area contributed by atoms with Crippen molar-refractivity contribution in [2.75, 3.05) is 6.54 Å². The number of aliphatic carboxylic acids is 1. The molecule has 0 aliphatic rings. The number of hydrogen-bond donors (Lipinski definition) is 3. The number of nitrogens with one attached hydrogen (secondary N) is 2. The standard InChI is InChI=1S/C16H20N2O3S/c1-2-3-9-14(19)18-13(16(22)17-11-15(20)21)10-12-7-5-4-6-8-12/h2,4-8,13H,1,3,9-11H2,(H,17,22)(H,18,19)(H,20,21)/t13-/m0/s1. The number of carbonyl (C=O) groups is 2. The van der Waals surface area contributed by atoms with Crippen molar-refractivity contribution in [2.24, 2.45) is 0 Å². The highest BCUT2D eigenvalue weighted by Gasteiger charge is 2.18. The Bertz CT molecular complexity index is 531. The van der Waals surface area contributed by atoms with Crippen LogP contribution in [0.2, 0.25) is 0 Å². The number of amides is 1. The molecular formula is C16H20N2O3S. The fourth-order valence-electron chi connectivity index (χ4n) is 1.84. The minimum absolute atomic E-state index is 0.139. The Morgan fingerprint density at radius 3 is 2.59 bits per heavy atom. The molecule has 0 heterocycles. The highest BCUT2D eigenvalue weighted by Crippen LogP contribution is 2.05. The van der Waals surface area contributed by atoms with Crippen molar-refractivity contribution in [3.63, 3.8) is 0 Å². The molecule has 6 heteroatoms. The first-order chi connectivity index (χ1) is 10.5. The van der Waals surface area contributed by atoms with Crippen molar-refractivity contribution in [3.05, 3.63) is 48.6 Å². The normalized spacial score (nSPS) is 11.3. The Hall–Kier alpha value is -2.21. The van der Waals surface area contributed by atoms with Crippen LogP contribution in [0.5, 0.6) is 0 Å². The van der Waals surface area contributed by atoms with E-state index in [0.29, 0.717) is 24.3 Å². The molecule has 22 heavy (non-hydrogen) atoms. The molecule has 3 N–H and O–H groups in total. The smallest absolute Gasteiger partial charge is 0.322 e. The monoisotopic (exact) mass is 320 g/mol. The topological polar surface area (TPSA) is 78.4 Å². The number of carboxylic acids is 1. The van der Waals surface area contributed by atoms with E-state index in [1.807, 2.05) is 30.3 Å². The van der Waals surface area contributed by atoms with Crippen LogP contribution in [0.4, 0.5) is 0 Å². The molecule has 1 atom stereocenters. The first-order valence-corrected chi connectivity index (χ1v) is 7.37. The van der Waals surface area contributed by atoms with Gasteiger partial charge in [0.2, 0.25) is 5.91 Å². The van der Waals surface area contributed by atoms with Crippen molar-refractivity contribution >= 4 is 29.1 Å². The van der Waals surface area contributed by atoms with Crippen LogP contribution in [0.3, 0.4) is 0 Å². The largest absolute Gasteiger partial charge is 0.480 e. The lowest BCUT2D eigenvalue weighted by molar-refractivity contribution is -0.135. The number of allylic oxidation sites excluding steroid dienone is 1. The number of benzene rings is 1. The molecule has 0 spiro atoms. The number of carboxylic acid groups (broad SMARTS) is 1. The van der Waals surface area contributed by atoms with Gasteiger partial charge in [-0.1, -0.05) is 48.6 Å². The van der Waals surface area contributed by atoms with Crippen molar-refractivity contribution in [2.45, 2.75) is 25.3 Å². The third-order valence-corrected chi connectivity index (χ3v) is 3.35. The van der Waals surface area contributed by atoms with Gasteiger partial charge in [-0.2, -0.15) is 0 Å². The third-order valence-electron chi connectivity index (χ3n) is 2.92. The summed E-state index contributed by atoms with van der Waals surface area (Å²) in [6.07, 6.45) is 3.09. The molecule has 0 aliphatic carbocycles. The first kappa shape index (κ1) is 17.8. The van der Waals surface area contributed by atoms with E-state index in [1.54, 1.807) is 6.08 Å².